The van der Waals surface area contributed by atoms with Crippen LogP contribution in [0.4, 0.5) is 11.4 Å². The molecule has 0 aliphatic heterocycles. The van der Waals surface area contributed by atoms with Crippen molar-refractivity contribution >= 4 is 38.2 Å². The standard InChI is InChI=1S/C18H14N2O7S/c1-10-5-6-11(7-16(10)20(23)24)18(22)19-15-4-2-3-13-14(15)8-12(21)9-17(13)28(25,26)27/h2-9,21H,1H3,(H,19,22)(H,25,26,27). The van der Waals surface area contributed by atoms with Crippen LogP contribution in [0, 0.1) is 17.0 Å². The zero-order chi connectivity index (χ0) is 20.6. The predicted molar refractivity (Wildman–Crippen MR) is 101 cm³/mol. The fraction of sp³-hybridized carbons (Fsp3) is 0.0556. The van der Waals surface area contributed by atoms with Gasteiger partial charge >= 0.3 is 0 Å². The van der Waals surface area contributed by atoms with Gasteiger partial charge in [-0.05, 0) is 25.1 Å². The summed E-state index contributed by atoms with van der Waals surface area (Å²) in [6, 6.07) is 10.5. The van der Waals surface area contributed by atoms with Gasteiger partial charge in [0.2, 0.25) is 0 Å². The Labute approximate surface area is 159 Å². The molecule has 0 unspecified atom stereocenters. The van der Waals surface area contributed by atoms with Crippen molar-refractivity contribution in [2.24, 2.45) is 0 Å². The van der Waals surface area contributed by atoms with Gasteiger partial charge in [-0.25, -0.2) is 0 Å². The first kappa shape index (κ1) is 19.3. The molecule has 28 heavy (non-hydrogen) atoms. The van der Waals surface area contributed by atoms with E-state index in [4.69, 9.17) is 0 Å². The Bertz CT molecular complexity index is 1240. The van der Waals surface area contributed by atoms with E-state index in [0.717, 1.165) is 12.1 Å². The van der Waals surface area contributed by atoms with E-state index in [1.54, 1.807) is 6.92 Å². The van der Waals surface area contributed by atoms with Crippen molar-refractivity contribution in [3.05, 3.63) is 69.8 Å². The van der Waals surface area contributed by atoms with Gasteiger partial charge in [0, 0.05) is 39.7 Å². The average Bonchev–Trinajstić information content (AvgIpc) is 2.60. The van der Waals surface area contributed by atoms with Gasteiger partial charge in [0.05, 0.1) is 4.92 Å². The predicted octanol–water partition coefficient (Wildman–Crippen LogP) is 3.26. The van der Waals surface area contributed by atoms with Crippen molar-refractivity contribution in [1.29, 1.82) is 0 Å². The number of fused-ring (bicyclic) bond motifs is 1. The van der Waals surface area contributed by atoms with E-state index in [2.05, 4.69) is 5.32 Å². The van der Waals surface area contributed by atoms with Gasteiger partial charge in [-0.1, -0.05) is 18.2 Å². The van der Waals surface area contributed by atoms with E-state index in [-0.39, 0.29) is 27.7 Å². The maximum absolute atomic E-state index is 12.5. The van der Waals surface area contributed by atoms with Crippen LogP contribution in [-0.4, -0.2) is 28.9 Å². The summed E-state index contributed by atoms with van der Waals surface area (Å²) in [6.07, 6.45) is 0. The highest BCUT2D eigenvalue weighted by Crippen LogP contribution is 2.33. The smallest absolute Gasteiger partial charge is 0.295 e. The molecule has 144 valence electrons. The van der Waals surface area contributed by atoms with Crippen LogP contribution in [0.3, 0.4) is 0 Å². The third kappa shape index (κ3) is 3.63. The minimum atomic E-state index is -4.62. The molecular weight excluding hydrogens is 388 g/mol. The number of anilines is 1. The number of carbonyl (C=O) groups is 1. The molecule has 0 aromatic heterocycles. The van der Waals surface area contributed by atoms with Gasteiger partial charge in [0.15, 0.2) is 0 Å². The van der Waals surface area contributed by atoms with E-state index in [0.29, 0.717) is 5.56 Å². The number of phenolic OH excluding ortho intramolecular Hbond substituents is 1. The van der Waals surface area contributed by atoms with Crippen LogP contribution in [0.2, 0.25) is 0 Å². The Morgan fingerprint density at radius 3 is 2.46 bits per heavy atom. The number of benzene rings is 3. The number of amides is 1. The quantitative estimate of drug-likeness (QED) is 0.345. The number of nitrogens with zero attached hydrogens (tertiary/aromatic N) is 1. The molecule has 0 heterocycles. The van der Waals surface area contributed by atoms with E-state index in [1.165, 1.54) is 36.4 Å². The Hall–Kier alpha value is -3.50. The number of aromatic hydroxyl groups is 1. The van der Waals surface area contributed by atoms with Crippen molar-refractivity contribution in [2.75, 3.05) is 5.32 Å². The second kappa shape index (κ2) is 6.91. The highest BCUT2D eigenvalue weighted by atomic mass is 32.2. The molecule has 10 heteroatoms. The largest absolute Gasteiger partial charge is 0.508 e. The summed E-state index contributed by atoms with van der Waals surface area (Å²) in [4.78, 5) is 22.5. The monoisotopic (exact) mass is 402 g/mol. The second-order valence-electron chi connectivity index (χ2n) is 6.03. The van der Waals surface area contributed by atoms with Gasteiger partial charge < -0.3 is 10.4 Å². The fourth-order valence-electron chi connectivity index (χ4n) is 2.80. The summed E-state index contributed by atoms with van der Waals surface area (Å²) in [5.41, 5.74) is 0.377. The number of aryl methyl sites for hydroxylation is 1. The average molecular weight is 402 g/mol. The minimum absolute atomic E-state index is 0.0319. The molecule has 9 nitrogen and oxygen atoms in total. The molecule has 0 aliphatic rings. The second-order valence-corrected chi connectivity index (χ2v) is 7.42. The molecular formula is C18H14N2O7S. The van der Waals surface area contributed by atoms with E-state index in [1.807, 2.05) is 0 Å². The maximum atomic E-state index is 12.5. The van der Waals surface area contributed by atoms with Crippen molar-refractivity contribution < 1.29 is 27.8 Å². The third-order valence-electron chi connectivity index (χ3n) is 4.14. The maximum Gasteiger partial charge on any atom is 0.295 e. The Morgan fingerprint density at radius 2 is 1.82 bits per heavy atom. The lowest BCUT2D eigenvalue weighted by Crippen LogP contribution is -2.13. The summed E-state index contributed by atoms with van der Waals surface area (Å²) < 4.78 is 32.5. The molecule has 3 N–H and O–H groups in total. The first-order valence-corrected chi connectivity index (χ1v) is 9.31. The first-order chi connectivity index (χ1) is 13.1. The van der Waals surface area contributed by atoms with Gasteiger partial charge in [0.25, 0.3) is 21.7 Å². The van der Waals surface area contributed by atoms with Crippen molar-refractivity contribution in [1.82, 2.24) is 0 Å². The lowest BCUT2D eigenvalue weighted by atomic mass is 10.1. The Kier molecular flexibility index (Phi) is 4.75. The molecule has 0 atom stereocenters. The van der Waals surface area contributed by atoms with E-state index >= 15 is 0 Å². The van der Waals surface area contributed by atoms with Crippen LogP contribution in [0.15, 0.2) is 53.4 Å². The molecule has 0 saturated heterocycles. The topological polar surface area (TPSA) is 147 Å². The molecule has 0 bridgehead atoms. The minimum Gasteiger partial charge on any atom is -0.508 e. The molecule has 3 rings (SSSR count). The molecule has 0 fully saturated rings. The normalized spacial score (nSPS) is 11.4. The van der Waals surface area contributed by atoms with Crippen molar-refractivity contribution in [3.8, 4) is 5.75 Å². The highest BCUT2D eigenvalue weighted by molar-refractivity contribution is 7.86. The van der Waals surface area contributed by atoms with Gasteiger partial charge in [-0.3, -0.25) is 19.5 Å². The van der Waals surface area contributed by atoms with Crippen molar-refractivity contribution in [3.63, 3.8) is 0 Å². The fourth-order valence-corrected chi connectivity index (χ4v) is 3.53. The lowest BCUT2D eigenvalue weighted by molar-refractivity contribution is -0.385. The van der Waals surface area contributed by atoms with Crippen molar-refractivity contribution in [2.45, 2.75) is 11.8 Å². The molecule has 0 saturated carbocycles. The van der Waals surface area contributed by atoms with Crippen LogP contribution >= 0.6 is 0 Å². The van der Waals surface area contributed by atoms with Crippen LogP contribution in [0.25, 0.3) is 10.8 Å². The number of carbonyl (C=O) groups excluding carboxylic acids is 1. The molecule has 1 amide bonds. The molecule has 0 radical (unpaired) electrons. The highest BCUT2D eigenvalue weighted by Gasteiger charge is 2.19. The number of hydrogen-bond acceptors (Lipinski definition) is 6. The Morgan fingerprint density at radius 1 is 1.11 bits per heavy atom. The Balaban J connectivity index is 2.08. The van der Waals surface area contributed by atoms with Gasteiger partial charge in [-0.15, -0.1) is 0 Å². The number of hydrogen-bond donors (Lipinski definition) is 3. The summed E-state index contributed by atoms with van der Waals surface area (Å²) in [6.45, 7) is 1.55. The van der Waals surface area contributed by atoms with Crippen LogP contribution in [0.1, 0.15) is 15.9 Å². The SMILES string of the molecule is Cc1ccc(C(=O)Nc2cccc3c(S(=O)(=O)O)cc(O)cc23)cc1[N+](=O)[O-]. The van der Waals surface area contributed by atoms with Crippen LogP contribution in [-0.2, 0) is 10.1 Å². The number of nitro benzene ring substituents is 1. The zero-order valence-corrected chi connectivity index (χ0v) is 15.2. The third-order valence-corrected chi connectivity index (χ3v) is 5.03. The van der Waals surface area contributed by atoms with Gasteiger partial charge in [0.1, 0.15) is 10.6 Å². The van der Waals surface area contributed by atoms with Crippen LogP contribution < -0.4 is 5.32 Å². The first-order valence-electron chi connectivity index (χ1n) is 7.87. The molecule has 0 aliphatic carbocycles. The summed E-state index contributed by atoms with van der Waals surface area (Å²) in [5, 5.41) is 23.7. The number of nitro groups is 1. The van der Waals surface area contributed by atoms with E-state index in [9.17, 15) is 33.0 Å². The lowest BCUT2D eigenvalue weighted by Gasteiger charge is -2.11. The molecule has 3 aromatic rings. The van der Waals surface area contributed by atoms with E-state index < -0.39 is 31.6 Å². The molecule has 3 aromatic carbocycles. The number of rotatable bonds is 4. The van der Waals surface area contributed by atoms with Crippen LogP contribution in [0.5, 0.6) is 5.75 Å². The summed E-state index contributed by atoms with van der Waals surface area (Å²) >= 11 is 0. The molecule has 0 spiro atoms. The summed E-state index contributed by atoms with van der Waals surface area (Å²) in [5.74, 6) is -1.08. The number of phenols is 1. The number of nitrogens with one attached hydrogen (secondary N) is 1. The van der Waals surface area contributed by atoms with Gasteiger partial charge in [-0.2, -0.15) is 8.42 Å². The summed E-state index contributed by atoms with van der Waals surface area (Å²) in [7, 11) is -4.62. The zero-order valence-electron chi connectivity index (χ0n) is 14.4.